The topological polar surface area (TPSA) is 56.2 Å². The van der Waals surface area contributed by atoms with Crippen LogP contribution in [0.1, 0.15) is 57.7 Å². The number of β-amino-alcohol motifs (C(OH)–C–C–N with tert-alkyl or cyclic N) is 1. The molecule has 4 rings (SSSR count). The fourth-order valence-corrected chi connectivity index (χ4v) is 5.19. The van der Waals surface area contributed by atoms with Crippen LogP contribution in [0.2, 0.25) is 0 Å². The summed E-state index contributed by atoms with van der Waals surface area (Å²) in [7, 11) is 0. The summed E-state index contributed by atoms with van der Waals surface area (Å²) in [5, 5.41) is 20.3. The normalized spacial score (nSPS) is 21.3. The van der Waals surface area contributed by atoms with E-state index in [0.29, 0.717) is 51.4 Å². The third-order valence-electron chi connectivity index (χ3n) is 7.90. The molecule has 2 saturated heterocycles. The van der Waals surface area contributed by atoms with E-state index in [-0.39, 0.29) is 6.10 Å². The summed E-state index contributed by atoms with van der Waals surface area (Å²) in [6.45, 7) is 8.25. The molecule has 0 bridgehead atoms. The van der Waals surface area contributed by atoms with Crippen molar-refractivity contribution in [1.82, 2.24) is 9.80 Å². The number of nitrogens with zero attached hydrogens (tertiary/aromatic N) is 2. The first kappa shape index (κ1) is 26.1. The van der Waals surface area contributed by atoms with Crippen molar-refractivity contribution in [2.24, 2.45) is 5.92 Å². The second-order valence-electron chi connectivity index (χ2n) is 10.3. The number of rotatable bonds is 10. The summed E-state index contributed by atoms with van der Waals surface area (Å²) >= 11 is 0. The van der Waals surface area contributed by atoms with Crippen LogP contribution in [0.3, 0.4) is 0 Å². The van der Waals surface area contributed by atoms with Gasteiger partial charge in [0, 0.05) is 19.6 Å². The maximum atomic E-state index is 14.7. The Kier molecular flexibility index (Phi) is 8.82. The van der Waals surface area contributed by atoms with Crippen molar-refractivity contribution < 1.29 is 19.3 Å². The van der Waals surface area contributed by atoms with Crippen molar-refractivity contribution >= 4 is 0 Å². The summed E-state index contributed by atoms with van der Waals surface area (Å²) < 4.78 is 20.8. The van der Waals surface area contributed by atoms with Gasteiger partial charge in [0.2, 0.25) is 0 Å². The van der Waals surface area contributed by atoms with Crippen LogP contribution in [0, 0.1) is 5.92 Å². The molecular weight excluding hydrogens is 443 g/mol. The van der Waals surface area contributed by atoms with Gasteiger partial charge in [-0.3, -0.25) is 4.90 Å². The molecule has 2 atom stereocenters. The minimum absolute atomic E-state index is 0.347. The zero-order valence-corrected chi connectivity index (χ0v) is 21.2. The monoisotopic (exact) mass is 484 g/mol. The third-order valence-corrected chi connectivity index (χ3v) is 7.90. The number of hydrogen-bond acceptors (Lipinski definition) is 5. The predicted molar refractivity (Wildman–Crippen MR) is 138 cm³/mol. The molecule has 0 spiro atoms. The highest BCUT2D eigenvalue weighted by Gasteiger charge is 2.30. The fraction of sp³-hybridized carbons (Fsp3) is 0.586. The fourth-order valence-electron chi connectivity index (χ4n) is 5.19. The molecule has 2 fully saturated rings. The molecule has 0 saturated carbocycles. The minimum Gasteiger partial charge on any atom is -0.493 e. The zero-order chi connectivity index (χ0) is 24.8. The van der Waals surface area contributed by atoms with E-state index in [1.54, 1.807) is 0 Å². The maximum absolute atomic E-state index is 14.7. The van der Waals surface area contributed by atoms with E-state index in [1.165, 1.54) is 0 Å². The molecule has 2 unspecified atom stereocenters. The van der Waals surface area contributed by atoms with Crippen LogP contribution in [0.4, 0.5) is 4.39 Å². The molecule has 5 nitrogen and oxygen atoms in total. The molecular formula is C29H41FN2O3. The van der Waals surface area contributed by atoms with Crippen LogP contribution < -0.4 is 4.74 Å². The standard InChI is InChI=1S/C29H41FN2O3/c1-3-29(30,4-2)21-31-16-13-22(14-17-31)20-35-27-11-9-24(10-12-27)23-5-7-25(8-6-23)28(34)32-18-15-26(33)19-32/h5-12,22,26,28,33-34H,3-4,13-21H2,1-2H3. The number of aliphatic hydroxyl groups is 2. The van der Waals surface area contributed by atoms with Crippen LogP contribution in [0.25, 0.3) is 11.1 Å². The second-order valence-corrected chi connectivity index (χ2v) is 10.3. The number of piperidine rings is 1. The van der Waals surface area contributed by atoms with Crippen LogP contribution in [-0.4, -0.2) is 71.1 Å². The second kappa shape index (κ2) is 11.8. The van der Waals surface area contributed by atoms with Gasteiger partial charge < -0.3 is 19.8 Å². The molecule has 2 aliphatic rings. The van der Waals surface area contributed by atoms with Crippen molar-refractivity contribution in [3.05, 3.63) is 54.1 Å². The molecule has 0 aliphatic carbocycles. The van der Waals surface area contributed by atoms with Gasteiger partial charge in [0.25, 0.3) is 0 Å². The predicted octanol–water partition coefficient (Wildman–Crippen LogP) is 5.03. The lowest BCUT2D eigenvalue weighted by Crippen LogP contribution is -2.44. The van der Waals surface area contributed by atoms with E-state index in [2.05, 4.69) is 17.0 Å². The average Bonchev–Trinajstić information content (AvgIpc) is 3.34. The first-order valence-corrected chi connectivity index (χ1v) is 13.2. The molecule has 2 N–H and O–H groups in total. The number of likely N-dealkylation sites (tertiary alicyclic amines) is 2. The van der Waals surface area contributed by atoms with Crippen molar-refractivity contribution in [3.63, 3.8) is 0 Å². The Bertz CT molecular complexity index is 909. The van der Waals surface area contributed by atoms with Gasteiger partial charge in [-0.15, -0.1) is 0 Å². The molecule has 35 heavy (non-hydrogen) atoms. The van der Waals surface area contributed by atoms with Gasteiger partial charge in [-0.2, -0.15) is 0 Å². The minimum atomic E-state index is -1.05. The number of benzene rings is 2. The van der Waals surface area contributed by atoms with E-state index >= 15 is 0 Å². The van der Waals surface area contributed by atoms with Gasteiger partial charge in [0.05, 0.1) is 12.7 Å². The van der Waals surface area contributed by atoms with Crippen molar-refractivity contribution in [2.75, 3.05) is 39.3 Å². The Morgan fingerprint density at radius 2 is 1.54 bits per heavy atom. The lowest BCUT2D eigenvalue weighted by Gasteiger charge is -2.36. The van der Waals surface area contributed by atoms with Crippen LogP contribution >= 0.6 is 0 Å². The SMILES string of the molecule is CCC(F)(CC)CN1CCC(COc2ccc(-c3ccc(C(O)N4CCC(O)C4)cc3)cc2)CC1. The molecule has 192 valence electrons. The van der Waals surface area contributed by atoms with Gasteiger partial charge >= 0.3 is 0 Å². The van der Waals surface area contributed by atoms with Crippen molar-refractivity contribution in [2.45, 2.75) is 64.0 Å². The number of alkyl halides is 1. The summed E-state index contributed by atoms with van der Waals surface area (Å²) in [5.41, 5.74) is 1.98. The highest BCUT2D eigenvalue weighted by atomic mass is 19.1. The largest absolute Gasteiger partial charge is 0.493 e. The van der Waals surface area contributed by atoms with Crippen LogP contribution in [-0.2, 0) is 0 Å². The number of aliphatic hydroxyl groups excluding tert-OH is 2. The Balaban J connectivity index is 1.24. The summed E-state index contributed by atoms with van der Waals surface area (Å²) in [5.74, 6) is 1.38. The number of hydrogen-bond donors (Lipinski definition) is 2. The number of ether oxygens (including phenoxy) is 1. The molecule has 2 aliphatic heterocycles. The summed E-state index contributed by atoms with van der Waals surface area (Å²) in [4.78, 5) is 4.18. The van der Waals surface area contributed by atoms with Gasteiger partial charge in [-0.05, 0) is 79.9 Å². The first-order valence-electron chi connectivity index (χ1n) is 13.2. The lowest BCUT2D eigenvalue weighted by molar-refractivity contribution is 0.0103. The Hall–Kier alpha value is -1.99. The van der Waals surface area contributed by atoms with E-state index in [9.17, 15) is 14.6 Å². The quantitative estimate of drug-likeness (QED) is 0.495. The Labute approximate surface area is 209 Å². The van der Waals surface area contributed by atoms with Gasteiger partial charge in [0.15, 0.2) is 0 Å². The first-order chi connectivity index (χ1) is 16.9. The lowest BCUT2D eigenvalue weighted by atomic mass is 9.94. The Morgan fingerprint density at radius 1 is 0.943 bits per heavy atom. The van der Waals surface area contributed by atoms with E-state index in [0.717, 1.165) is 48.4 Å². The van der Waals surface area contributed by atoms with Gasteiger partial charge in [0.1, 0.15) is 17.6 Å². The highest BCUT2D eigenvalue weighted by Crippen LogP contribution is 2.29. The molecule has 2 heterocycles. The zero-order valence-electron chi connectivity index (χ0n) is 21.2. The number of halogens is 1. The molecule has 2 aromatic carbocycles. The van der Waals surface area contributed by atoms with E-state index < -0.39 is 11.9 Å². The van der Waals surface area contributed by atoms with Crippen molar-refractivity contribution in [3.8, 4) is 16.9 Å². The van der Waals surface area contributed by atoms with Gasteiger partial charge in [-0.1, -0.05) is 50.2 Å². The average molecular weight is 485 g/mol. The van der Waals surface area contributed by atoms with Crippen LogP contribution in [0.15, 0.2) is 48.5 Å². The molecule has 0 aromatic heterocycles. The Morgan fingerprint density at radius 3 is 2.09 bits per heavy atom. The summed E-state index contributed by atoms with van der Waals surface area (Å²) in [6.07, 6.45) is 2.95. The molecule has 2 aromatic rings. The third kappa shape index (κ3) is 6.82. The molecule has 0 radical (unpaired) electrons. The van der Waals surface area contributed by atoms with Crippen LogP contribution in [0.5, 0.6) is 5.75 Å². The van der Waals surface area contributed by atoms with E-state index in [1.807, 2.05) is 55.1 Å². The highest BCUT2D eigenvalue weighted by molar-refractivity contribution is 5.64. The van der Waals surface area contributed by atoms with E-state index in [4.69, 9.17) is 4.74 Å². The maximum Gasteiger partial charge on any atom is 0.133 e. The smallest absolute Gasteiger partial charge is 0.133 e. The van der Waals surface area contributed by atoms with Gasteiger partial charge in [-0.25, -0.2) is 4.39 Å². The summed E-state index contributed by atoms with van der Waals surface area (Å²) in [6, 6.07) is 16.1. The molecule has 6 heteroatoms. The van der Waals surface area contributed by atoms with Crippen molar-refractivity contribution in [1.29, 1.82) is 0 Å². The molecule has 0 amide bonds.